The maximum absolute atomic E-state index is 12.7. The number of carbonyl (C=O) groups excluding carboxylic acids is 1. The van der Waals surface area contributed by atoms with Crippen LogP contribution in [0, 0.1) is 13.8 Å². The number of aromatic nitrogens is 2. The van der Waals surface area contributed by atoms with E-state index in [1.807, 2.05) is 11.8 Å². The third-order valence-electron chi connectivity index (χ3n) is 6.16. The number of carbonyl (C=O) groups is 1. The molecule has 4 rings (SSSR count). The number of anilines is 2. The summed E-state index contributed by atoms with van der Waals surface area (Å²) in [5.74, 6) is 3.12. The minimum atomic E-state index is 0.254. The van der Waals surface area contributed by atoms with Crippen molar-refractivity contribution in [2.75, 3.05) is 49.1 Å². The highest BCUT2D eigenvalue weighted by atomic mass is 16.2. The zero-order chi connectivity index (χ0) is 20.9. The number of amides is 1. The maximum Gasteiger partial charge on any atom is 0.223 e. The Morgan fingerprint density at radius 3 is 2.20 bits per heavy atom. The Kier molecular flexibility index (Phi) is 6.50. The van der Waals surface area contributed by atoms with E-state index in [-0.39, 0.29) is 5.91 Å². The third-order valence-corrected chi connectivity index (χ3v) is 6.16. The summed E-state index contributed by atoms with van der Waals surface area (Å²) in [6.45, 7) is 9.40. The molecule has 2 saturated heterocycles. The predicted octanol–water partition coefficient (Wildman–Crippen LogP) is 3.37. The first-order chi connectivity index (χ1) is 14.6. The van der Waals surface area contributed by atoms with E-state index >= 15 is 0 Å². The molecule has 0 spiro atoms. The van der Waals surface area contributed by atoms with Gasteiger partial charge >= 0.3 is 0 Å². The molecular weight excluding hydrogens is 374 g/mol. The molecule has 6 nitrogen and oxygen atoms in total. The van der Waals surface area contributed by atoms with Crippen molar-refractivity contribution in [1.29, 1.82) is 0 Å². The van der Waals surface area contributed by atoms with Gasteiger partial charge in [0.05, 0.1) is 0 Å². The van der Waals surface area contributed by atoms with E-state index in [1.165, 1.54) is 30.4 Å². The summed E-state index contributed by atoms with van der Waals surface area (Å²) in [6.07, 6.45) is 5.18. The number of aryl methyl sites for hydroxylation is 3. The lowest BCUT2D eigenvalue weighted by molar-refractivity contribution is -0.131. The summed E-state index contributed by atoms with van der Waals surface area (Å²) in [7, 11) is 0. The first-order valence-electron chi connectivity index (χ1n) is 11.3. The summed E-state index contributed by atoms with van der Waals surface area (Å²) in [4.78, 5) is 28.7. The molecule has 0 saturated carbocycles. The van der Waals surface area contributed by atoms with Crippen molar-refractivity contribution in [3.8, 4) is 0 Å². The van der Waals surface area contributed by atoms with Gasteiger partial charge in [0.15, 0.2) is 0 Å². The minimum Gasteiger partial charge on any atom is -0.356 e. The van der Waals surface area contributed by atoms with Gasteiger partial charge in [0.1, 0.15) is 17.5 Å². The standard InChI is InChI=1S/C24H33N5O/c1-19-7-6-8-21(17-19)9-10-24(30)29-15-13-28(14-16-29)23-18-22(25-20(2)26-23)27-11-4-3-5-12-27/h6-8,17-18H,3-5,9-16H2,1-2H3. The lowest BCUT2D eigenvalue weighted by Gasteiger charge is -2.36. The summed E-state index contributed by atoms with van der Waals surface area (Å²) in [5, 5.41) is 0. The molecule has 0 radical (unpaired) electrons. The van der Waals surface area contributed by atoms with Crippen molar-refractivity contribution in [2.24, 2.45) is 0 Å². The van der Waals surface area contributed by atoms with Crippen LogP contribution in [0.25, 0.3) is 0 Å². The topological polar surface area (TPSA) is 52.6 Å². The number of piperidine rings is 1. The van der Waals surface area contributed by atoms with E-state index in [9.17, 15) is 4.79 Å². The minimum absolute atomic E-state index is 0.254. The Bertz CT molecular complexity index is 870. The molecule has 2 aromatic rings. The highest BCUT2D eigenvalue weighted by molar-refractivity contribution is 5.76. The molecule has 0 bridgehead atoms. The zero-order valence-corrected chi connectivity index (χ0v) is 18.3. The number of piperazine rings is 1. The molecule has 2 aliphatic heterocycles. The molecule has 160 valence electrons. The van der Waals surface area contributed by atoms with Gasteiger partial charge in [0.2, 0.25) is 5.91 Å². The Labute approximate surface area is 179 Å². The van der Waals surface area contributed by atoms with E-state index in [0.717, 1.165) is 63.1 Å². The van der Waals surface area contributed by atoms with Crippen LogP contribution in [-0.4, -0.2) is 60.0 Å². The Morgan fingerprint density at radius 1 is 0.867 bits per heavy atom. The van der Waals surface area contributed by atoms with Crippen LogP contribution in [0.4, 0.5) is 11.6 Å². The van der Waals surface area contributed by atoms with E-state index < -0.39 is 0 Å². The fourth-order valence-corrected chi connectivity index (χ4v) is 4.45. The zero-order valence-electron chi connectivity index (χ0n) is 18.3. The molecule has 1 amide bonds. The van der Waals surface area contributed by atoms with E-state index in [2.05, 4.69) is 52.0 Å². The van der Waals surface area contributed by atoms with Gasteiger partial charge in [-0.25, -0.2) is 9.97 Å². The molecule has 1 aromatic heterocycles. The van der Waals surface area contributed by atoms with Crippen LogP contribution in [0.1, 0.15) is 42.6 Å². The number of benzene rings is 1. The van der Waals surface area contributed by atoms with Gasteiger partial charge in [-0.05, 0) is 45.1 Å². The van der Waals surface area contributed by atoms with Gasteiger partial charge < -0.3 is 14.7 Å². The maximum atomic E-state index is 12.7. The van der Waals surface area contributed by atoms with Gasteiger partial charge in [-0.1, -0.05) is 29.8 Å². The first kappa shape index (κ1) is 20.6. The van der Waals surface area contributed by atoms with Crippen molar-refractivity contribution in [2.45, 2.75) is 46.0 Å². The van der Waals surface area contributed by atoms with E-state index in [4.69, 9.17) is 4.98 Å². The molecule has 2 aliphatic rings. The second-order valence-corrected chi connectivity index (χ2v) is 8.54. The van der Waals surface area contributed by atoms with Gasteiger partial charge in [-0.3, -0.25) is 4.79 Å². The summed E-state index contributed by atoms with van der Waals surface area (Å²) in [6, 6.07) is 10.6. The van der Waals surface area contributed by atoms with Crippen LogP contribution >= 0.6 is 0 Å². The molecule has 0 unspecified atom stereocenters. The number of nitrogens with zero attached hydrogens (tertiary/aromatic N) is 5. The van der Waals surface area contributed by atoms with Crippen molar-refractivity contribution in [3.05, 3.63) is 47.3 Å². The second kappa shape index (κ2) is 9.45. The van der Waals surface area contributed by atoms with E-state index in [0.29, 0.717) is 6.42 Å². The van der Waals surface area contributed by atoms with Gasteiger partial charge in [0, 0.05) is 51.8 Å². The van der Waals surface area contributed by atoms with Crippen LogP contribution in [0.3, 0.4) is 0 Å². The van der Waals surface area contributed by atoms with Crippen molar-refractivity contribution < 1.29 is 4.79 Å². The monoisotopic (exact) mass is 407 g/mol. The molecule has 6 heteroatoms. The molecule has 0 aliphatic carbocycles. The Morgan fingerprint density at radius 2 is 1.53 bits per heavy atom. The number of hydrogen-bond acceptors (Lipinski definition) is 5. The van der Waals surface area contributed by atoms with Gasteiger partial charge in [-0.2, -0.15) is 0 Å². The lowest BCUT2D eigenvalue weighted by atomic mass is 10.1. The average molecular weight is 408 g/mol. The van der Waals surface area contributed by atoms with Crippen LogP contribution in [0.2, 0.25) is 0 Å². The normalized spacial score (nSPS) is 17.3. The SMILES string of the molecule is Cc1cccc(CCC(=O)N2CCN(c3cc(N4CCCCC4)nc(C)n3)CC2)c1. The van der Waals surface area contributed by atoms with Crippen molar-refractivity contribution in [3.63, 3.8) is 0 Å². The highest BCUT2D eigenvalue weighted by Gasteiger charge is 2.23. The van der Waals surface area contributed by atoms with Crippen molar-refractivity contribution in [1.82, 2.24) is 14.9 Å². The fraction of sp³-hybridized carbons (Fsp3) is 0.542. The van der Waals surface area contributed by atoms with Crippen LogP contribution in [0.15, 0.2) is 30.3 Å². The molecule has 30 heavy (non-hydrogen) atoms. The molecule has 0 atom stereocenters. The molecule has 3 heterocycles. The molecule has 1 aromatic carbocycles. The quantitative estimate of drug-likeness (QED) is 0.761. The summed E-state index contributed by atoms with van der Waals surface area (Å²) < 4.78 is 0. The fourth-order valence-electron chi connectivity index (χ4n) is 4.45. The van der Waals surface area contributed by atoms with Crippen LogP contribution in [-0.2, 0) is 11.2 Å². The third kappa shape index (κ3) is 5.10. The molecule has 0 N–H and O–H groups in total. The average Bonchev–Trinajstić information content (AvgIpc) is 2.78. The molecular formula is C24H33N5O. The number of hydrogen-bond donors (Lipinski definition) is 0. The highest BCUT2D eigenvalue weighted by Crippen LogP contribution is 2.23. The van der Waals surface area contributed by atoms with Crippen LogP contribution < -0.4 is 9.80 Å². The van der Waals surface area contributed by atoms with Gasteiger partial charge in [-0.15, -0.1) is 0 Å². The smallest absolute Gasteiger partial charge is 0.223 e. The summed E-state index contributed by atoms with van der Waals surface area (Å²) >= 11 is 0. The predicted molar refractivity (Wildman–Crippen MR) is 121 cm³/mol. The summed E-state index contributed by atoms with van der Waals surface area (Å²) in [5.41, 5.74) is 2.49. The van der Waals surface area contributed by atoms with Crippen molar-refractivity contribution >= 4 is 17.5 Å². The largest absolute Gasteiger partial charge is 0.356 e. The first-order valence-corrected chi connectivity index (χ1v) is 11.3. The van der Waals surface area contributed by atoms with Crippen LogP contribution in [0.5, 0.6) is 0 Å². The van der Waals surface area contributed by atoms with E-state index in [1.54, 1.807) is 0 Å². The Balaban J connectivity index is 1.32. The lowest BCUT2D eigenvalue weighted by Crippen LogP contribution is -2.49. The Hall–Kier alpha value is -2.63. The molecule has 2 fully saturated rings. The number of rotatable bonds is 5. The van der Waals surface area contributed by atoms with Gasteiger partial charge in [0.25, 0.3) is 0 Å². The second-order valence-electron chi connectivity index (χ2n) is 8.54.